The first-order valence-electron chi connectivity index (χ1n) is 6.58. The lowest BCUT2D eigenvalue weighted by molar-refractivity contribution is -0.608. The standard InChI is InChI=1S/C14H20N2O2/c1-11(2)8-10-15(12-6-7-12)14(17)13-5-3-4-9-16(13)18/h3-5,9,11-12H,6-8,10H2,1-2H3. The molecule has 0 spiro atoms. The van der Waals surface area contributed by atoms with Crippen molar-refractivity contribution in [1.29, 1.82) is 0 Å². The van der Waals surface area contributed by atoms with E-state index < -0.39 is 0 Å². The van der Waals surface area contributed by atoms with E-state index in [4.69, 9.17) is 0 Å². The monoisotopic (exact) mass is 248 g/mol. The van der Waals surface area contributed by atoms with Gasteiger partial charge < -0.3 is 10.1 Å². The Hall–Kier alpha value is -1.58. The van der Waals surface area contributed by atoms with Gasteiger partial charge in [0.25, 0.3) is 5.69 Å². The molecule has 1 heterocycles. The highest BCUT2D eigenvalue weighted by molar-refractivity contribution is 5.91. The average molecular weight is 248 g/mol. The Balaban J connectivity index is 2.11. The summed E-state index contributed by atoms with van der Waals surface area (Å²) in [6.07, 6.45) is 4.49. The number of hydrogen-bond donors (Lipinski definition) is 0. The lowest BCUT2D eigenvalue weighted by atomic mass is 10.1. The van der Waals surface area contributed by atoms with Crippen molar-refractivity contribution < 1.29 is 9.52 Å². The fraction of sp³-hybridized carbons (Fsp3) is 0.571. The van der Waals surface area contributed by atoms with Crippen molar-refractivity contribution >= 4 is 5.91 Å². The van der Waals surface area contributed by atoms with Gasteiger partial charge in [0.15, 0.2) is 6.20 Å². The van der Waals surface area contributed by atoms with E-state index >= 15 is 0 Å². The number of rotatable bonds is 5. The molecule has 0 unspecified atom stereocenters. The molecule has 4 nitrogen and oxygen atoms in total. The molecular formula is C14H20N2O2. The van der Waals surface area contributed by atoms with Crippen molar-refractivity contribution in [3.05, 3.63) is 35.3 Å². The largest absolute Gasteiger partial charge is 0.618 e. The summed E-state index contributed by atoms with van der Waals surface area (Å²) >= 11 is 0. The Morgan fingerprint density at radius 3 is 2.78 bits per heavy atom. The van der Waals surface area contributed by atoms with Gasteiger partial charge in [0.2, 0.25) is 0 Å². The van der Waals surface area contributed by atoms with E-state index in [1.165, 1.54) is 6.20 Å². The molecule has 1 aliphatic carbocycles. The molecule has 0 atom stereocenters. The van der Waals surface area contributed by atoms with Crippen LogP contribution in [0.5, 0.6) is 0 Å². The predicted octanol–water partition coefficient (Wildman–Crippen LogP) is 1.97. The smallest absolute Gasteiger partial charge is 0.320 e. The van der Waals surface area contributed by atoms with Gasteiger partial charge >= 0.3 is 5.91 Å². The molecule has 2 rings (SSSR count). The summed E-state index contributed by atoms with van der Waals surface area (Å²) in [5.74, 6) is 0.433. The van der Waals surface area contributed by atoms with Crippen LogP contribution in [0.1, 0.15) is 43.6 Å². The summed E-state index contributed by atoms with van der Waals surface area (Å²) in [5, 5.41) is 11.6. The second-order valence-electron chi connectivity index (χ2n) is 5.32. The Morgan fingerprint density at radius 2 is 2.22 bits per heavy atom. The molecule has 1 aromatic heterocycles. The zero-order chi connectivity index (χ0) is 13.1. The van der Waals surface area contributed by atoms with Gasteiger partial charge in [0.05, 0.1) is 0 Å². The topological polar surface area (TPSA) is 47.2 Å². The van der Waals surface area contributed by atoms with Gasteiger partial charge in [0.1, 0.15) is 0 Å². The SMILES string of the molecule is CC(C)CCN(C(=O)c1cccc[n+]1[O-])C1CC1. The van der Waals surface area contributed by atoms with Crippen molar-refractivity contribution in [2.45, 2.75) is 39.2 Å². The van der Waals surface area contributed by atoms with Crippen LogP contribution in [0.4, 0.5) is 0 Å². The summed E-state index contributed by atoms with van der Waals surface area (Å²) in [7, 11) is 0. The maximum absolute atomic E-state index is 12.4. The van der Waals surface area contributed by atoms with Crippen LogP contribution in [0.25, 0.3) is 0 Å². The minimum atomic E-state index is -0.131. The molecule has 1 saturated carbocycles. The zero-order valence-electron chi connectivity index (χ0n) is 11.0. The molecule has 4 heteroatoms. The quantitative estimate of drug-likeness (QED) is 0.591. The average Bonchev–Trinajstić information content (AvgIpc) is 3.13. The highest BCUT2D eigenvalue weighted by atomic mass is 16.5. The number of aromatic nitrogens is 1. The minimum Gasteiger partial charge on any atom is -0.618 e. The second kappa shape index (κ2) is 5.38. The molecule has 98 valence electrons. The van der Waals surface area contributed by atoms with Crippen LogP contribution in [0.3, 0.4) is 0 Å². The van der Waals surface area contributed by atoms with Gasteiger partial charge in [0, 0.05) is 24.7 Å². The molecule has 0 aliphatic heterocycles. The number of carbonyl (C=O) groups is 1. The van der Waals surface area contributed by atoms with E-state index in [0.29, 0.717) is 16.7 Å². The minimum absolute atomic E-state index is 0.131. The molecule has 0 saturated heterocycles. The van der Waals surface area contributed by atoms with Crippen LogP contribution >= 0.6 is 0 Å². The van der Waals surface area contributed by atoms with Gasteiger partial charge in [-0.2, -0.15) is 4.73 Å². The summed E-state index contributed by atoms with van der Waals surface area (Å²) in [4.78, 5) is 14.2. The molecule has 1 aliphatic rings. The maximum atomic E-state index is 12.4. The van der Waals surface area contributed by atoms with Crippen LogP contribution in [0, 0.1) is 11.1 Å². The van der Waals surface area contributed by atoms with Gasteiger partial charge in [-0.25, -0.2) is 0 Å². The van der Waals surface area contributed by atoms with Crippen LogP contribution in [-0.4, -0.2) is 23.4 Å². The molecule has 0 N–H and O–H groups in total. The van der Waals surface area contributed by atoms with Crippen LogP contribution in [0.15, 0.2) is 24.4 Å². The van der Waals surface area contributed by atoms with E-state index in [0.717, 1.165) is 25.8 Å². The number of carbonyl (C=O) groups excluding carboxylic acids is 1. The number of hydrogen-bond acceptors (Lipinski definition) is 2. The van der Waals surface area contributed by atoms with Crippen LogP contribution < -0.4 is 4.73 Å². The first kappa shape index (κ1) is 12.9. The molecular weight excluding hydrogens is 228 g/mol. The highest BCUT2D eigenvalue weighted by Gasteiger charge is 2.35. The zero-order valence-corrected chi connectivity index (χ0v) is 11.0. The third-order valence-corrected chi connectivity index (χ3v) is 3.24. The van der Waals surface area contributed by atoms with E-state index in [9.17, 15) is 10.0 Å². The Labute approximate surface area is 108 Å². The first-order chi connectivity index (χ1) is 8.59. The molecule has 1 aromatic rings. The summed E-state index contributed by atoms with van der Waals surface area (Å²) in [5.41, 5.74) is 0.230. The van der Waals surface area contributed by atoms with Gasteiger partial charge in [-0.3, -0.25) is 4.79 Å². The highest BCUT2D eigenvalue weighted by Crippen LogP contribution is 2.28. The van der Waals surface area contributed by atoms with Crippen LogP contribution in [-0.2, 0) is 0 Å². The number of nitrogens with zero attached hydrogens (tertiary/aromatic N) is 2. The third kappa shape index (κ3) is 3.00. The first-order valence-corrected chi connectivity index (χ1v) is 6.58. The molecule has 1 amide bonds. The van der Waals surface area contributed by atoms with E-state index in [2.05, 4.69) is 13.8 Å². The molecule has 1 fully saturated rings. The number of amides is 1. The molecule has 0 bridgehead atoms. The molecule has 0 aromatic carbocycles. The maximum Gasteiger partial charge on any atom is 0.320 e. The van der Waals surface area contributed by atoms with E-state index in [-0.39, 0.29) is 11.6 Å². The van der Waals surface area contributed by atoms with Crippen molar-refractivity contribution in [2.24, 2.45) is 5.92 Å². The molecule has 0 radical (unpaired) electrons. The van der Waals surface area contributed by atoms with Crippen molar-refractivity contribution in [2.75, 3.05) is 6.54 Å². The number of pyridine rings is 1. The molecule has 18 heavy (non-hydrogen) atoms. The summed E-state index contributed by atoms with van der Waals surface area (Å²) in [6, 6.07) is 5.31. The normalized spacial score (nSPS) is 14.8. The lowest BCUT2D eigenvalue weighted by Gasteiger charge is -2.22. The Kier molecular flexibility index (Phi) is 3.84. The summed E-state index contributed by atoms with van der Waals surface area (Å²) in [6.45, 7) is 5.04. The Morgan fingerprint density at radius 1 is 1.50 bits per heavy atom. The lowest BCUT2D eigenvalue weighted by Crippen LogP contribution is -2.43. The fourth-order valence-electron chi connectivity index (χ4n) is 1.97. The van der Waals surface area contributed by atoms with E-state index in [1.807, 2.05) is 4.90 Å². The fourth-order valence-corrected chi connectivity index (χ4v) is 1.97. The van der Waals surface area contributed by atoms with Gasteiger partial charge in [-0.15, -0.1) is 0 Å². The van der Waals surface area contributed by atoms with Gasteiger partial charge in [-0.05, 0) is 31.2 Å². The van der Waals surface area contributed by atoms with Crippen molar-refractivity contribution in [3.8, 4) is 0 Å². The van der Waals surface area contributed by atoms with E-state index in [1.54, 1.807) is 18.2 Å². The summed E-state index contributed by atoms with van der Waals surface area (Å²) < 4.78 is 0.660. The van der Waals surface area contributed by atoms with Crippen molar-refractivity contribution in [3.63, 3.8) is 0 Å². The van der Waals surface area contributed by atoms with Gasteiger partial charge in [-0.1, -0.05) is 13.8 Å². The van der Waals surface area contributed by atoms with Crippen LogP contribution in [0.2, 0.25) is 0 Å². The Bertz CT molecular complexity index is 428. The second-order valence-corrected chi connectivity index (χ2v) is 5.32. The third-order valence-electron chi connectivity index (χ3n) is 3.24. The predicted molar refractivity (Wildman–Crippen MR) is 68.9 cm³/mol. The van der Waals surface area contributed by atoms with Crippen molar-refractivity contribution in [1.82, 2.24) is 4.90 Å².